The van der Waals surface area contributed by atoms with Crippen molar-refractivity contribution in [1.82, 2.24) is 5.43 Å². The smallest absolute Gasteiger partial charge is 0.237 e. The highest BCUT2D eigenvalue weighted by molar-refractivity contribution is 5.78. The van der Waals surface area contributed by atoms with Gasteiger partial charge >= 0.3 is 0 Å². The summed E-state index contributed by atoms with van der Waals surface area (Å²) < 4.78 is 0. The number of carbonyl (C=O) groups excluding carboxylic acids is 1. The molecule has 0 radical (unpaired) electrons. The second kappa shape index (κ2) is 3.69. The molecule has 1 amide bonds. The third kappa shape index (κ3) is 1.70. The summed E-state index contributed by atoms with van der Waals surface area (Å²) in [6, 6.07) is 0. The zero-order valence-electron chi connectivity index (χ0n) is 6.42. The van der Waals surface area contributed by atoms with Gasteiger partial charge in [0.05, 0.1) is 0 Å². The van der Waals surface area contributed by atoms with E-state index >= 15 is 0 Å². The molecule has 0 spiro atoms. The Kier molecular flexibility index (Phi) is 2.84. The number of hydrazine groups is 1. The monoisotopic (exact) mass is 158 g/mol. The summed E-state index contributed by atoms with van der Waals surface area (Å²) in [6.45, 7) is 0.0953. The minimum atomic E-state index is -0.137. The normalized spacial score (nSPS) is 30.4. The molecule has 4 N–H and O–H groups in total. The van der Waals surface area contributed by atoms with Crippen molar-refractivity contribution >= 4 is 5.91 Å². The van der Waals surface area contributed by atoms with Crippen LogP contribution in [0.3, 0.4) is 0 Å². The average Bonchev–Trinajstić information content (AvgIpc) is 2.50. The van der Waals surface area contributed by atoms with E-state index in [0.717, 1.165) is 19.3 Å². The minimum absolute atomic E-state index is 0.0648. The number of rotatable bonds is 2. The highest BCUT2D eigenvalue weighted by atomic mass is 16.3. The lowest BCUT2D eigenvalue weighted by atomic mass is 9.96. The molecular weight excluding hydrogens is 144 g/mol. The van der Waals surface area contributed by atoms with Crippen molar-refractivity contribution < 1.29 is 9.90 Å². The van der Waals surface area contributed by atoms with E-state index in [9.17, 15) is 4.79 Å². The van der Waals surface area contributed by atoms with Gasteiger partial charge in [0.2, 0.25) is 5.91 Å². The van der Waals surface area contributed by atoms with Gasteiger partial charge in [-0.25, -0.2) is 5.84 Å². The first-order valence-electron chi connectivity index (χ1n) is 3.91. The zero-order chi connectivity index (χ0) is 8.27. The van der Waals surface area contributed by atoms with Crippen LogP contribution in [0.5, 0.6) is 0 Å². The van der Waals surface area contributed by atoms with Crippen LogP contribution < -0.4 is 11.3 Å². The quantitative estimate of drug-likeness (QED) is 0.285. The predicted molar refractivity (Wildman–Crippen MR) is 40.2 cm³/mol. The fraction of sp³-hybridized carbons (Fsp3) is 0.857. The number of nitrogens with one attached hydrogen (secondary N) is 1. The number of carbonyl (C=O) groups is 1. The average molecular weight is 158 g/mol. The molecule has 4 heteroatoms. The van der Waals surface area contributed by atoms with E-state index in [1.807, 2.05) is 0 Å². The third-order valence-corrected chi connectivity index (χ3v) is 2.37. The Hall–Kier alpha value is -0.610. The van der Waals surface area contributed by atoms with Gasteiger partial charge < -0.3 is 5.11 Å². The van der Waals surface area contributed by atoms with E-state index in [1.165, 1.54) is 0 Å². The van der Waals surface area contributed by atoms with Crippen LogP contribution in [0.25, 0.3) is 0 Å². The molecule has 1 rings (SSSR count). The highest BCUT2D eigenvalue weighted by Crippen LogP contribution is 2.30. The predicted octanol–water partition coefficient (Wildman–Crippen LogP) is -0.615. The fourth-order valence-corrected chi connectivity index (χ4v) is 1.71. The van der Waals surface area contributed by atoms with Crippen LogP contribution in [0.15, 0.2) is 0 Å². The van der Waals surface area contributed by atoms with Crippen LogP contribution in [0.4, 0.5) is 0 Å². The lowest BCUT2D eigenvalue weighted by molar-refractivity contribution is -0.126. The molecule has 1 fully saturated rings. The van der Waals surface area contributed by atoms with Crippen molar-refractivity contribution in [2.75, 3.05) is 6.61 Å². The van der Waals surface area contributed by atoms with Crippen LogP contribution in [-0.4, -0.2) is 17.6 Å². The number of hydrogen-bond acceptors (Lipinski definition) is 3. The SMILES string of the molecule is NNC(=O)[C@H]1CCC[C@H]1CO. The maximum absolute atomic E-state index is 11.0. The summed E-state index contributed by atoms with van der Waals surface area (Å²) in [5.41, 5.74) is 2.12. The summed E-state index contributed by atoms with van der Waals surface area (Å²) in [5.74, 6) is 4.91. The summed E-state index contributed by atoms with van der Waals surface area (Å²) >= 11 is 0. The Labute approximate surface area is 65.7 Å². The first-order chi connectivity index (χ1) is 5.29. The largest absolute Gasteiger partial charge is 0.396 e. The maximum Gasteiger partial charge on any atom is 0.237 e. The molecule has 1 aliphatic carbocycles. The molecule has 2 atom stereocenters. The number of hydrogen-bond donors (Lipinski definition) is 3. The second-order valence-corrected chi connectivity index (χ2v) is 2.99. The molecular formula is C7H14N2O2. The molecule has 4 nitrogen and oxygen atoms in total. The molecule has 0 heterocycles. The van der Waals surface area contributed by atoms with Crippen molar-refractivity contribution in [2.45, 2.75) is 19.3 Å². The van der Waals surface area contributed by atoms with Crippen LogP contribution in [-0.2, 0) is 4.79 Å². The van der Waals surface area contributed by atoms with Gasteiger partial charge in [0.15, 0.2) is 0 Å². The van der Waals surface area contributed by atoms with E-state index in [2.05, 4.69) is 5.43 Å². The lowest BCUT2D eigenvalue weighted by Gasteiger charge is -2.14. The van der Waals surface area contributed by atoms with Crippen LogP contribution in [0.1, 0.15) is 19.3 Å². The molecule has 0 unspecified atom stereocenters. The van der Waals surface area contributed by atoms with Crippen molar-refractivity contribution in [3.05, 3.63) is 0 Å². The summed E-state index contributed by atoms with van der Waals surface area (Å²) in [5, 5.41) is 8.86. The molecule has 0 aromatic rings. The first-order valence-corrected chi connectivity index (χ1v) is 3.91. The Bertz CT molecular complexity index is 149. The Morgan fingerprint density at radius 1 is 1.64 bits per heavy atom. The van der Waals surface area contributed by atoms with Crippen molar-refractivity contribution in [1.29, 1.82) is 0 Å². The van der Waals surface area contributed by atoms with E-state index < -0.39 is 0 Å². The maximum atomic E-state index is 11.0. The van der Waals surface area contributed by atoms with Gasteiger partial charge in [-0.1, -0.05) is 6.42 Å². The summed E-state index contributed by atoms with van der Waals surface area (Å²) in [7, 11) is 0. The number of nitrogens with two attached hydrogens (primary N) is 1. The number of aliphatic hydroxyl groups excluding tert-OH is 1. The van der Waals surface area contributed by atoms with E-state index in [4.69, 9.17) is 10.9 Å². The van der Waals surface area contributed by atoms with Crippen molar-refractivity contribution in [3.8, 4) is 0 Å². The van der Waals surface area contributed by atoms with Gasteiger partial charge in [-0.15, -0.1) is 0 Å². The molecule has 11 heavy (non-hydrogen) atoms. The van der Waals surface area contributed by atoms with E-state index in [0.29, 0.717) is 0 Å². The molecule has 0 saturated heterocycles. The van der Waals surface area contributed by atoms with Gasteiger partial charge in [-0.3, -0.25) is 10.2 Å². The van der Waals surface area contributed by atoms with E-state index in [1.54, 1.807) is 0 Å². The van der Waals surface area contributed by atoms with Gasteiger partial charge in [0, 0.05) is 12.5 Å². The number of aliphatic hydroxyl groups is 1. The van der Waals surface area contributed by atoms with Gasteiger partial charge in [0.25, 0.3) is 0 Å². The Morgan fingerprint density at radius 2 is 2.36 bits per heavy atom. The van der Waals surface area contributed by atoms with Gasteiger partial charge in [-0.05, 0) is 18.8 Å². The second-order valence-electron chi connectivity index (χ2n) is 2.99. The summed E-state index contributed by atoms with van der Waals surface area (Å²) in [4.78, 5) is 11.0. The Morgan fingerprint density at radius 3 is 2.91 bits per heavy atom. The molecule has 64 valence electrons. The highest BCUT2D eigenvalue weighted by Gasteiger charge is 2.31. The lowest BCUT2D eigenvalue weighted by Crippen LogP contribution is -2.38. The standard InChI is InChI=1S/C7H14N2O2/c8-9-7(11)6-3-1-2-5(6)4-10/h5-6,10H,1-4,8H2,(H,9,11)/t5-,6-/m0/s1. The van der Waals surface area contributed by atoms with Crippen LogP contribution in [0, 0.1) is 11.8 Å². The first kappa shape index (κ1) is 8.49. The van der Waals surface area contributed by atoms with Gasteiger partial charge in [-0.2, -0.15) is 0 Å². The molecule has 0 aromatic carbocycles. The van der Waals surface area contributed by atoms with Crippen molar-refractivity contribution in [2.24, 2.45) is 17.7 Å². The molecule has 0 aliphatic heterocycles. The Balaban J connectivity index is 2.49. The third-order valence-electron chi connectivity index (χ3n) is 2.37. The fourth-order valence-electron chi connectivity index (χ4n) is 1.71. The summed E-state index contributed by atoms with van der Waals surface area (Å²) in [6.07, 6.45) is 2.81. The van der Waals surface area contributed by atoms with Crippen LogP contribution >= 0.6 is 0 Å². The molecule has 0 aromatic heterocycles. The van der Waals surface area contributed by atoms with Gasteiger partial charge in [0.1, 0.15) is 0 Å². The molecule has 1 saturated carbocycles. The zero-order valence-corrected chi connectivity index (χ0v) is 6.42. The minimum Gasteiger partial charge on any atom is -0.396 e. The van der Waals surface area contributed by atoms with Crippen molar-refractivity contribution in [3.63, 3.8) is 0 Å². The van der Waals surface area contributed by atoms with Crippen LogP contribution in [0.2, 0.25) is 0 Å². The number of amides is 1. The topological polar surface area (TPSA) is 75.3 Å². The molecule has 1 aliphatic rings. The van der Waals surface area contributed by atoms with E-state index in [-0.39, 0.29) is 24.3 Å². The molecule has 0 bridgehead atoms.